The van der Waals surface area contributed by atoms with Crippen LogP contribution in [0, 0.1) is 0 Å². The molecule has 154 valence electrons. The minimum absolute atomic E-state index is 0.129. The van der Waals surface area contributed by atoms with Gasteiger partial charge in [0, 0.05) is 5.69 Å². The molecule has 1 aliphatic rings. The van der Waals surface area contributed by atoms with Crippen LogP contribution in [0.4, 0.5) is 22.3 Å². The Morgan fingerprint density at radius 1 is 1.13 bits per heavy atom. The van der Waals surface area contributed by atoms with Gasteiger partial charge < -0.3 is 11.1 Å². The number of hydrogen-bond donors (Lipinski definition) is 3. The van der Waals surface area contributed by atoms with E-state index in [0.717, 1.165) is 5.69 Å². The quantitative estimate of drug-likeness (QED) is 0.342. The molecule has 11 nitrogen and oxygen atoms in total. The van der Waals surface area contributed by atoms with Crippen LogP contribution in [-0.2, 0) is 9.59 Å². The number of amides is 2. The van der Waals surface area contributed by atoms with Crippen molar-refractivity contribution in [2.75, 3.05) is 27.9 Å². The van der Waals surface area contributed by atoms with Gasteiger partial charge in [-0.2, -0.15) is 5.10 Å². The van der Waals surface area contributed by atoms with Crippen LogP contribution in [0.3, 0.4) is 0 Å². The molecule has 4 rings (SSSR count). The van der Waals surface area contributed by atoms with E-state index < -0.39 is 5.50 Å². The molecule has 3 aromatic rings. The van der Waals surface area contributed by atoms with E-state index in [2.05, 4.69) is 36.2 Å². The monoisotopic (exact) mass is 461 g/mol. The zero-order valence-corrected chi connectivity index (χ0v) is 17.7. The molecule has 4 N–H and O–H groups in total. The maximum Gasteiger partial charge on any atom is 0.236 e. The minimum Gasteiger partial charge on any atom is -0.394 e. The van der Waals surface area contributed by atoms with Gasteiger partial charge in [0.1, 0.15) is 0 Å². The number of nitrogens with two attached hydrogens (primary N) is 1. The van der Waals surface area contributed by atoms with E-state index in [4.69, 9.17) is 5.73 Å². The summed E-state index contributed by atoms with van der Waals surface area (Å²) in [6.45, 7) is 0. The third kappa shape index (κ3) is 4.95. The predicted molar refractivity (Wildman–Crippen MR) is 117 cm³/mol. The Kier molecular flexibility index (Phi) is 6.25. The Labute approximate surface area is 182 Å². The van der Waals surface area contributed by atoms with Crippen molar-refractivity contribution >= 4 is 69.0 Å². The zero-order chi connectivity index (χ0) is 20.9. The highest BCUT2D eigenvalue weighted by Crippen LogP contribution is 2.38. The molecule has 2 aromatic heterocycles. The first-order chi connectivity index (χ1) is 14.6. The number of rotatable bonds is 8. The van der Waals surface area contributed by atoms with Crippen LogP contribution < -0.4 is 16.4 Å². The summed E-state index contributed by atoms with van der Waals surface area (Å²) in [5.74, 6) is 0.417. The van der Waals surface area contributed by atoms with Crippen molar-refractivity contribution < 1.29 is 9.59 Å². The van der Waals surface area contributed by atoms with Crippen LogP contribution in [0.15, 0.2) is 51.1 Å². The van der Waals surface area contributed by atoms with E-state index in [1.54, 1.807) is 4.68 Å². The summed E-state index contributed by atoms with van der Waals surface area (Å²) in [6, 6.07) is 9.20. The van der Waals surface area contributed by atoms with Crippen molar-refractivity contribution in [1.82, 2.24) is 20.0 Å². The standard InChI is InChI=1S/C16H15N9O2S3/c17-10-6-18-25-13(10)21-23-15(25)28-7-12(27)20-14-22-24-16(30-14)29-8-11(26)19-9-4-2-1-3-5-9/h1-6,15H,7-8,17H2,(H,19,26)(H,20,22,27). The molecule has 0 aliphatic carbocycles. The number of hydrogen-bond acceptors (Lipinski definition) is 11. The van der Waals surface area contributed by atoms with E-state index in [1.807, 2.05) is 30.3 Å². The number of nitrogen functional groups attached to an aromatic ring is 1. The Bertz CT molecular complexity index is 1080. The molecule has 0 spiro atoms. The van der Waals surface area contributed by atoms with Crippen molar-refractivity contribution in [2.24, 2.45) is 10.2 Å². The Morgan fingerprint density at radius 2 is 1.93 bits per heavy atom. The van der Waals surface area contributed by atoms with E-state index in [0.29, 0.717) is 21.0 Å². The average Bonchev–Trinajstić information content (AvgIpc) is 3.44. The maximum atomic E-state index is 12.2. The zero-order valence-electron chi connectivity index (χ0n) is 15.3. The van der Waals surface area contributed by atoms with Crippen molar-refractivity contribution in [3.8, 4) is 0 Å². The number of azo groups is 1. The van der Waals surface area contributed by atoms with Crippen molar-refractivity contribution in [1.29, 1.82) is 0 Å². The lowest BCUT2D eigenvalue weighted by Gasteiger charge is -2.06. The Balaban J connectivity index is 1.21. The summed E-state index contributed by atoms with van der Waals surface area (Å²) in [4.78, 5) is 24.2. The van der Waals surface area contributed by atoms with Gasteiger partial charge in [-0.05, 0) is 12.1 Å². The van der Waals surface area contributed by atoms with Gasteiger partial charge in [0.25, 0.3) is 0 Å². The molecule has 0 fully saturated rings. The lowest BCUT2D eigenvalue weighted by molar-refractivity contribution is -0.114. The number of aromatic nitrogens is 4. The van der Waals surface area contributed by atoms with Gasteiger partial charge in [-0.25, -0.2) is 4.68 Å². The van der Waals surface area contributed by atoms with E-state index in [1.165, 1.54) is 41.1 Å². The number of nitrogens with zero attached hydrogens (tertiary/aromatic N) is 6. The molecule has 14 heteroatoms. The number of benzene rings is 1. The van der Waals surface area contributed by atoms with Gasteiger partial charge in [0.05, 0.1) is 23.4 Å². The molecular weight excluding hydrogens is 446 g/mol. The molecule has 3 heterocycles. The summed E-state index contributed by atoms with van der Waals surface area (Å²) in [6.07, 6.45) is 1.50. The average molecular weight is 462 g/mol. The van der Waals surface area contributed by atoms with E-state index in [9.17, 15) is 9.59 Å². The molecular formula is C16H15N9O2S3. The number of thioether (sulfide) groups is 2. The van der Waals surface area contributed by atoms with Crippen LogP contribution in [-0.4, -0.2) is 43.3 Å². The number of carbonyl (C=O) groups excluding carboxylic acids is 2. The lowest BCUT2D eigenvalue weighted by atomic mass is 10.3. The fraction of sp³-hybridized carbons (Fsp3) is 0.188. The molecule has 1 aliphatic heterocycles. The topological polar surface area (TPSA) is 153 Å². The number of fused-ring (bicyclic) bond motifs is 1. The van der Waals surface area contributed by atoms with Crippen LogP contribution in [0.5, 0.6) is 0 Å². The highest BCUT2D eigenvalue weighted by Gasteiger charge is 2.24. The Morgan fingerprint density at radius 3 is 2.77 bits per heavy atom. The van der Waals surface area contributed by atoms with Crippen molar-refractivity contribution in [3.05, 3.63) is 36.5 Å². The second kappa shape index (κ2) is 9.23. The minimum atomic E-state index is -0.424. The smallest absolute Gasteiger partial charge is 0.236 e. The molecule has 0 saturated carbocycles. The van der Waals surface area contributed by atoms with E-state index >= 15 is 0 Å². The third-order valence-electron chi connectivity index (χ3n) is 3.66. The van der Waals surface area contributed by atoms with Crippen molar-refractivity contribution in [3.63, 3.8) is 0 Å². The number of anilines is 3. The van der Waals surface area contributed by atoms with Gasteiger partial charge in [-0.3, -0.25) is 14.9 Å². The first kappa shape index (κ1) is 20.3. The number of carbonyl (C=O) groups is 2. The van der Waals surface area contributed by atoms with Crippen molar-refractivity contribution in [2.45, 2.75) is 9.84 Å². The predicted octanol–water partition coefficient (Wildman–Crippen LogP) is 2.97. The van der Waals surface area contributed by atoms with Crippen LogP contribution in [0.25, 0.3) is 0 Å². The van der Waals surface area contributed by atoms with Gasteiger partial charge in [0.15, 0.2) is 10.2 Å². The summed E-state index contributed by atoms with van der Waals surface area (Å²) in [5, 5.41) is 25.9. The SMILES string of the molecule is Nc1cnn2c1N=NC2SCC(=O)Nc1nnc(SCC(=O)Nc2ccccc2)s1. The van der Waals surface area contributed by atoms with Crippen LogP contribution in [0.1, 0.15) is 5.50 Å². The summed E-state index contributed by atoms with van der Waals surface area (Å²) < 4.78 is 2.15. The highest BCUT2D eigenvalue weighted by atomic mass is 32.2. The molecule has 0 bridgehead atoms. The first-order valence-corrected chi connectivity index (χ1v) is 11.4. The lowest BCUT2D eigenvalue weighted by Crippen LogP contribution is -2.15. The first-order valence-electron chi connectivity index (χ1n) is 8.55. The second-order valence-corrected chi connectivity index (χ2v) is 9.09. The van der Waals surface area contributed by atoms with Gasteiger partial charge >= 0.3 is 0 Å². The van der Waals surface area contributed by atoms with Crippen LogP contribution >= 0.6 is 34.9 Å². The van der Waals surface area contributed by atoms with Gasteiger partial charge in [0.2, 0.25) is 22.4 Å². The van der Waals surface area contributed by atoms with Crippen LogP contribution in [0.2, 0.25) is 0 Å². The molecule has 0 radical (unpaired) electrons. The second-order valence-electron chi connectivity index (χ2n) is 5.85. The molecule has 1 atom stereocenters. The number of nitrogens with one attached hydrogen (secondary N) is 2. The summed E-state index contributed by atoms with van der Waals surface area (Å²) >= 11 is 3.71. The van der Waals surface area contributed by atoms with Gasteiger partial charge in [-0.15, -0.1) is 20.4 Å². The fourth-order valence-corrected chi connectivity index (χ4v) is 4.71. The van der Waals surface area contributed by atoms with E-state index in [-0.39, 0.29) is 23.3 Å². The molecule has 2 amide bonds. The molecule has 0 saturated heterocycles. The van der Waals surface area contributed by atoms with Gasteiger partial charge in [-0.1, -0.05) is 53.1 Å². The largest absolute Gasteiger partial charge is 0.394 e. The maximum absolute atomic E-state index is 12.2. The molecule has 1 unspecified atom stereocenters. The summed E-state index contributed by atoms with van der Waals surface area (Å²) in [7, 11) is 0. The number of para-hydroxylation sites is 1. The molecule has 1 aromatic carbocycles. The fourth-order valence-electron chi connectivity index (χ4n) is 2.36. The molecule has 30 heavy (non-hydrogen) atoms. The third-order valence-corrected chi connectivity index (χ3v) is 6.65. The normalized spacial score (nSPS) is 14.5. The Hall–Kier alpha value is -2.97. The highest BCUT2D eigenvalue weighted by molar-refractivity contribution is 8.01. The summed E-state index contributed by atoms with van der Waals surface area (Å²) in [5.41, 5.74) is 6.49.